The van der Waals surface area contributed by atoms with Crippen molar-refractivity contribution in [2.45, 2.75) is 18.9 Å². The van der Waals surface area contributed by atoms with Crippen molar-refractivity contribution in [2.75, 3.05) is 18.6 Å². The number of carboxylic acid groups (broad SMARTS) is 1. The molecule has 2 aromatic rings. The fourth-order valence-corrected chi connectivity index (χ4v) is 3.56. The smallest absolute Gasteiger partial charge is 0.374 e. The molecule has 0 spiro atoms. The number of hydrogen-bond donors (Lipinski definition) is 1. The molecule has 0 radical (unpaired) electrons. The zero-order chi connectivity index (χ0) is 16.2. The van der Waals surface area contributed by atoms with Gasteiger partial charge in [0.1, 0.15) is 11.8 Å². The van der Waals surface area contributed by atoms with Gasteiger partial charge in [0.2, 0.25) is 5.76 Å². The van der Waals surface area contributed by atoms with Crippen molar-refractivity contribution in [3.8, 4) is 22.8 Å². The highest BCUT2D eigenvalue weighted by molar-refractivity contribution is 7.99. The topological polar surface area (TPSA) is 81.8 Å². The molecule has 0 atom stereocenters. The van der Waals surface area contributed by atoms with Crippen molar-refractivity contribution in [3.05, 3.63) is 30.0 Å². The average molecular weight is 335 g/mol. The number of methoxy groups -OCH3 is 1. The first-order valence-electron chi connectivity index (χ1n) is 7.31. The summed E-state index contributed by atoms with van der Waals surface area (Å²) in [5, 5.41) is 12.8. The largest absolute Gasteiger partial charge is 0.492 e. The van der Waals surface area contributed by atoms with Gasteiger partial charge in [-0.3, -0.25) is 0 Å². The molecule has 0 bridgehead atoms. The number of ether oxygens (including phenoxy) is 2. The van der Waals surface area contributed by atoms with Gasteiger partial charge in [-0.25, -0.2) is 4.79 Å². The van der Waals surface area contributed by atoms with Crippen LogP contribution in [-0.2, 0) is 0 Å². The molecule has 23 heavy (non-hydrogen) atoms. The second-order valence-electron chi connectivity index (χ2n) is 5.15. The van der Waals surface area contributed by atoms with E-state index in [4.69, 9.17) is 19.1 Å². The van der Waals surface area contributed by atoms with Gasteiger partial charge in [-0.15, -0.1) is 0 Å². The maximum absolute atomic E-state index is 10.9. The van der Waals surface area contributed by atoms with Crippen LogP contribution >= 0.6 is 11.8 Å². The lowest BCUT2D eigenvalue weighted by Crippen LogP contribution is -2.22. The molecular formula is C16H17NO5S. The molecule has 1 aliphatic heterocycles. The normalized spacial score (nSPS) is 15.3. The molecule has 6 nitrogen and oxygen atoms in total. The predicted molar refractivity (Wildman–Crippen MR) is 86.4 cm³/mol. The number of benzene rings is 1. The van der Waals surface area contributed by atoms with E-state index in [-0.39, 0.29) is 11.9 Å². The predicted octanol–water partition coefficient (Wildman–Crippen LogP) is 3.32. The zero-order valence-corrected chi connectivity index (χ0v) is 13.5. The maximum Gasteiger partial charge on any atom is 0.374 e. The van der Waals surface area contributed by atoms with E-state index in [1.54, 1.807) is 13.2 Å². The van der Waals surface area contributed by atoms with Crippen molar-refractivity contribution >= 4 is 17.7 Å². The second-order valence-corrected chi connectivity index (χ2v) is 6.37. The Kier molecular flexibility index (Phi) is 4.76. The van der Waals surface area contributed by atoms with Crippen LogP contribution in [0.4, 0.5) is 0 Å². The van der Waals surface area contributed by atoms with Gasteiger partial charge in [-0.2, -0.15) is 11.8 Å². The summed E-state index contributed by atoms with van der Waals surface area (Å²) in [5.41, 5.74) is 1.05. The highest BCUT2D eigenvalue weighted by Crippen LogP contribution is 2.39. The summed E-state index contributed by atoms with van der Waals surface area (Å²) in [7, 11) is 1.56. The van der Waals surface area contributed by atoms with Crippen LogP contribution in [0.5, 0.6) is 11.5 Å². The second kappa shape index (κ2) is 6.95. The fraction of sp³-hybridized carbons (Fsp3) is 0.375. The van der Waals surface area contributed by atoms with Crippen molar-refractivity contribution in [1.29, 1.82) is 0 Å². The molecule has 3 rings (SSSR count). The van der Waals surface area contributed by atoms with E-state index >= 15 is 0 Å². The lowest BCUT2D eigenvalue weighted by molar-refractivity contribution is 0.0652. The molecule has 1 fully saturated rings. The number of nitrogens with zero attached hydrogens (tertiary/aromatic N) is 1. The van der Waals surface area contributed by atoms with Crippen molar-refractivity contribution in [3.63, 3.8) is 0 Å². The quantitative estimate of drug-likeness (QED) is 0.897. The van der Waals surface area contributed by atoms with Gasteiger partial charge in [0, 0.05) is 11.6 Å². The zero-order valence-electron chi connectivity index (χ0n) is 12.7. The first kappa shape index (κ1) is 15.7. The summed E-state index contributed by atoms with van der Waals surface area (Å²) in [4.78, 5) is 10.9. The minimum absolute atomic E-state index is 0.173. The van der Waals surface area contributed by atoms with E-state index in [2.05, 4.69) is 5.16 Å². The van der Waals surface area contributed by atoms with E-state index in [9.17, 15) is 4.79 Å². The molecule has 7 heteroatoms. The van der Waals surface area contributed by atoms with Crippen LogP contribution in [0.25, 0.3) is 11.3 Å². The Balaban J connectivity index is 1.90. The third-order valence-electron chi connectivity index (χ3n) is 3.64. The van der Waals surface area contributed by atoms with Crippen molar-refractivity contribution in [2.24, 2.45) is 0 Å². The van der Waals surface area contributed by atoms with Crippen LogP contribution in [0.1, 0.15) is 23.4 Å². The third-order valence-corrected chi connectivity index (χ3v) is 4.69. The minimum atomic E-state index is -1.16. The fourth-order valence-electron chi connectivity index (χ4n) is 2.50. The number of carbonyl (C=O) groups is 1. The van der Waals surface area contributed by atoms with Gasteiger partial charge >= 0.3 is 5.97 Å². The molecule has 0 amide bonds. The number of aromatic carboxylic acids is 1. The van der Waals surface area contributed by atoms with E-state index in [1.807, 2.05) is 23.9 Å². The first-order chi connectivity index (χ1) is 11.2. The van der Waals surface area contributed by atoms with Crippen LogP contribution in [-0.4, -0.2) is 41.0 Å². The van der Waals surface area contributed by atoms with Crippen molar-refractivity contribution < 1.29 is 23.9 Å². The van der Waals surface area contributed by atoms with Gasteiger partial charge in [0.15, 0.2) is 11.5 Å². The van der Waals surface area contributed by atoms with E-state index in [1.165, 1.54) is 6.07 Å². The lowest BCUT2D eigenvalue weighted by atomic mass is 10.1. The maximum atomic E-state index is 10.9. The Bertz CT molecular complexity index is 694. The molecule has 0 unspecified atom stereocenters. The van der Waals surface area contributed by atoms with E-state index in [0.29, 0.717) is 22.8 Å². The molecule has 2 heterocycles. The number of para-hydroxylation sites is 1. The molecule has 1 aromatic carbocycles. The molecule has 122 valence electrons. The van der Waals surface area contributed by atoms with E-state index < -0.39 is 5.97 Å². The number of rotatable bonds is 5. The van der Waals surface area contributed by atoms with Crippen LogP contribution in [0.3, 0.4) is 0 Å². The average Bonchev–Trinajstić information content (AvgIpc) is 3.06. The van der Waals surface area contributed by atoms with Gasteiger partial charge < -0.3 is 19.1 Å². The molecular weight excluding hydrogens is 318 g/mol. The molecule has 1 N–H and O–H groups in total. The Morgan fingerprint density at radius 2 is 2.17 bits per heavy atom. The Morgan fingerprint density at radius 1 is 1.39 bits per heavy atom. The van der Waals surface area contributed by atoms with Crippen LogP contribution in [0, 0.1) is 0 Å². The lowest BCUT2D eigenvalue weighted by Gasteiger charge is -2.24. The van der Waals surface area contributed by atoms with Gasteiger partial charge in [-0.1, -0.05) is 11.2 Å². The van der Waals surface area contributed by atoms with Gasteiger partial charge in [0.25, 0.3) is 0 Å². The Hall–Kier alpha value is -2.15. The highest BCUT2D eigenvalue weighted by atomic mass is 32.2. The summed E-state index contributed by atoms with van der Waals surface area (Å²) in [6.07, 6.45) is 2.18. The molecule has 1 saturated heterocycles. The molecule has 0 saturated carbocycles. The Labute approximate surface area is 137 Å². The number of hydrogen-bond acceptors (Lipinski definition) is 6. The van der Waals surface area contributed by atoms with Crippen molar-refractivity contribution in [1.82, 2.24) is 5.16 Å². The van der Waals surface area contributed by atoms with Crippen LogP contribution in [0.2, 0.25) is 0 Å². The third kappa shape index (κ3) is 3.44. The summed E-state index contributed by atoms with van der Waals surface area (Å²) in [6, 6.07) is 6.86. The first-order valence-corrected chi connectivity index (χ1v) is 8.46. The number of carboxylic acids is 1. The van der Waals surface area contributed by atoms with Crippen LogP contribution in [0.15, 0.2) is 28.8 Å². The SMILES string of the molecule is COc1c(OC2CCSCC2)cccc1-c1cc(C(=O)O)on1. The molecule has 1 aromatic heterocycles. The minimum Gasteiger partial charge on any atom is -0.492 e. The summed E-state index contributed by atoms with van der Waals surface area (Å²) < 4.78 is 16.4. The van der Waals surface area contributed by atoms with E-state index in [0.717, 1.165) is 24.3 Å². The number of thioether (sulfide) groups is 1. The summed E-state index contributed by atoms with van der Waals surface area (Å²) in [6.45, 7) is 0. The standard InChI is InChI=1S/C16H17NO5S/c1-20-15-11(12-9-14(16(18)19)22-17-12)3-2-4-13(15)21-10-5-7-23-8-6-10/h2-4,9-10H,5-8H2,1H3,(H,18,19). The van der Waals surface area contributed by atoms with Crippen LogP contribution < -0.4 is 9.47 Å². The Morgan fingerprint density at radius 3 is 2.83 bits per heavy atom. The summed E-state index contributed by atoms with van der Waals surface area (Å²) in [5.74, 6) is 2.00. The van der Waals surface area contributed by atoms with Gasteiger partial charge in [-0.05, 0) is 36.5 Å². The number of aromatic nitrogens is 1. The summed E-state index contributed by atoms with van der Waals surface area (Å²) >= 11 is 1.94. The highest BCUT2D eigenvalue weighted by Gasteiger charge is 2.21. The molecule has 0 aliphatic carbocycles. The monoisotopic (exact) mass is 335 g/mol. The van der Waals surface area contributed by atoms with Gasteiger partial charge in [0.05, 0.1) is 7.11 Å². The molecule has 1 aliphatic rings.